The second-order valence-electron chi connectivity index (χ2n) is 6.13. The minimum atomic E-state index is -3.71. The molecular formula is C15H20FN3O3S. The fraction of sp³-hybridized carbons (Fsp3) is 0.533. The van der Waals surface area contributed by atoms with Crippen molar-refractivity contribution in [3.8, 4) is 0 Å². The quantitative estimate of drug-likeness (QED) is 0.877. The Morgan fingerprint density at radius 2 is 2.00 bits per heavy atom. The van der Waals surface area contributed by atoms with E-state index in [1.54, 1.807) is 11.0 Å². The summed E-state index contributed by atoms with van der Waals surface area (Å²) in [5.74, 6) is -0.330. The van der Waals surface area contributed by atoms with Crippen LogP contribution >= 0.6 is 0 Å². The maximum Gasteiger partial charge on any atom is 0.276 e. The molecule has 8 heteroatoms. The highest BCUT2D eigenvalue weighted by atomic mass is 32.2. The second kappa shape index (κ2) is 6.18. The Balaban J connectivity index is 1.62. The van der Waals surface area contributed by atoms with E-state index in [0.29, 0.717) is 26.1 Å². The molecule has 2 fully saturated rings. The molecule has 23 heavy (non-hydrogen) atoms. The van der Waals surface area contributed by atoms with Crippen molar-refractivity contribution in [1.82, 2.24) is 9.21 Å². The van der Waals surface area contributed by atoms with Crippen molar-refractivity contribution in [1.29, 1.82) is 0 Å². The molecule has 0 aromatic heterocycles. The Kier molecular flexibility index (Phi) is 4.39. The zero-order valence-corrected chi connectivity index (χ0v) is 13.5. The SMILES string of the molecule is NS(=O)(=O)N1CCCN(C(=O)[C@H]2C[C@@H]2c2cccc(F)c2)CC1. The van der Waals surface area contributed by atoms with E-state index in [2.05, 4.69) is 0 Å². The first-order valence-electron chi connectivity index (χ1n) is 7.68. The van der Waals surface area contributed by atoms with Gasteiger partial charge in [-0.1, -0.05) is 12.1 Å². The van der Waals surface area contributed by atoms with Gasteiger partial charge >= 0.3 is 0 Å². The van der Waals surface area contributed by atoms with Crippen LogP contribution in [0.3, 0.4) is 0 Å². The lowest BCUT2D eigenvalue weighted by molar-refractivity contribution is -0.132. The van der Waals surface area contributed by atoms with Crippen LogP contribution in [-0.4, -0.2) is 49.7 Å². The number of nitrogens with two attached hydrogens (primary N) is 1. The number of carbonyl (C=O) groups is 1. The Labute approximate surface area is 135 Å². The van der Waals surface area contributed by atoms with Gasteiger partial charge in [-0.05, 0) is 36.5 Å². The van der Waals surface area contributed by atoms with E-state index in [9.17, 15) is 17.6 Å². The molecule has 1 aromatic rings. The minimum Gasteiger partial charge on any atom is -0.341 e. The van der Waals surface area contributed by atoms with Gasteiger partial charge < -0.3 is 4.90 Å². The average molecular weight is 341 g/mol. The van der Waals surface area contributed by atoms with Gasteiger partial charge in [0.25, 0.3) is 10.2 Å². The predicted octanol–water partition coefficient (Wildman–Crippen LogP) is 0.667. The molecule has 1 aliphatic carbocycles. The molecule has 1 aliphatic heterocycles. The number of halogens is 1. The third-order valence-electron chi connectivity index (χ3n) is 4.51. The predicted molar refractivity (Wildman–Crippen MR) is 83.1 cm³/mol. The van der Waals surface area contributed by atoms with Crippen LogP contribution in [0.15, 0.2) is 24.3 Å². The highest BCUT2D eigenvalue weighted by Crippen LogP contribution is 2.48. The molecule has 1 saturated carbocycles. The van der Waals surface area contributed by atoms with Crippen LogP contribution in [0.4, 0.5) is 4.39 Å². The van der Waals surface area contributed by atoms with E-state index in [0.717, 1.165) is 12.0 Å². The van der Waals surface area contributed by atoms with Crippen molar-refractivity contribution in [3.63, 3.8) is 0 Å². The first-order chi connectivity index (χ1) is 10.9. The standard InChI is InChI=1S/C15H20FN3O3S/c16-12-4-1-3-11(9-12)13-10-14(13)15(20)18-5-2-6-19(8-7-18)23(17,21)22/h1,3-4,9,13-14H,2,5-8,10H2,(H2,17,21,22)/t13-,14+/m1/s1. The Morgan fingerprint density at radius 3 is 2.70 bits per heavy atom. The van der Waals surface area contributed by atoms with Gasteiger partial charge in [0.15, 0.2) is 0 Å². The molecule has 3 rings (SSSR count). The van der Waals surface area contributed by atoms with Crippen LogP contribution in [0.2, 0.25) is 0 Å². The Bertz CT molecular complexity index is 710. The molecule has 126 valence electrons. The van der Waals surface area contributed by atoms with Crippen molar-refractivity contribution >= 4 is 16.1 Å². The molecule has 0 unspecified atom stereocenters. The fourth-order valence-electron chi connectivity index (χ4n) is 3.18. The highest BCUT2D eigenvalue weighted by molar-refractivity contribution is 7.86. The molecule has 1 amide bonds. The summed E-state index contributed by atoms with van der Waals surface area (Å²) in [5, 5.41) is 5.14. The summed E-state index contributed by atoms with van der Waals surface area (Å²) in [6.07, 6.45) is 1.29. The largest absolute Gasteiger partial charge is 0.341 e. The van der Waals surface area contributed by atoms with Crippen LogP contribution in [0.5, 0.6) is 0 Å². The van der Waals surface area contributed by atoms with E-state index in [4.69, 9.17) is 5.14 Å². The molecule has 1 saturated heterocycles. The van der Waals surface area contributed by atoms with Crippen LogP contribution in [0.1, 0.15) is 24.3 Å². The van der Waals surface area contributed by atoms with Gasteiger partial charge in [0.2, 0.25) is 5.91 Å². The van der Waals surface area contributed by atoms with E-state index >= 15 is 0 Å². The number of rotatable bonds is 3. The summed E-state index contributed by atoms with van der Waals surface area (Å²) >= 11 is 0. The molecule has 2 aliphatic rings. The third kappa shape index (κ3) is 3.70. The second-order valence-corrected chi connectivity index (χ2v) is 7.67. The molecular weight excluding hydrogens is 321 g/mol. The number of carbonyl (C=O) groups excluding carboxylic acids is 1. The monoisotopic (exact) mass is 341 g/mol. The summed E-state index contributed by atoms with van der Waals surface area (Å²) in [7, 11) is -3.71. The molecule has 0 radical (unpaired) electrons. The summed E-state index contributed by atoms with van der Waals surface area (Å²) in [4.78, 5) is 14.3. The first-order valence-corrected chi connectivity index (χ1v) is 9.19. The van der Waals surface area contributed by atoms with Crippen LogP contribution in [0, 0.1) is 11.7 Å². The molecule has 1 aromatic carbocycles. The highest BCUT2D eigenvalue weighted by Gasteiger charge is 2.46. The van der Waals surface area contributed by atoms with Gasteiger partial charge in [0.1, 0.15) is 5.82 Å². The number of benzene rings is 1. The number of amides is 1. The lowest BCUT2D eigenvalue weighted by Crippen LogP contribution is -2.40. The van der Waals surface area contributed by atoms with E-state index < -0.39 is 10.2 Å². The number of nitrogens with zero attached hydrogens (tertiary/aromatic N) is 2. The van der Waals surface area contributed by atoms with Crippen LogP contribution < -0.4 is 5.14 Å². The lowest BCUT2D eigenvalue weighted by Gasteiger charge is -2.21. The van der Waals surface area contributed by atoms with Gasteiger partial charge in [-0.3, -0.25) is 4.79 Å². The van der Waals surface area contributed by atoms with Crippen LogP contribution in [-0.2, 0) is 15.0 Å². The maximum atomic E-state index is 13.3. The van der Waals surface area contributed by atoms with Crippen molar-refractivity contribution in [2.24, 2.45) is 11.1 Å². The van der Waals surface area contributed by atoms with Crippen molar-refractivity contribution in [2.75, 3.05) is 26.2 Å². The summed E-state index contributed by atoms with van der Waals surface area (Å²) in [6.45, 7) is 1.43. The topological polar surface area (TPSA) is 83.7 Å². The maximum absolute atomic E-state index is 13.3. The van der Waals surface area contributed by atoms with Gasteiger partial charge in [-0.15, -0.1) is 0 Å². The van der Waals surface area contributed by atoms with E-state index in [1.807, 2.05) is 6.07 Å². The zero-order chi connectivity index (χ0) is 16.6. The van der Waals surface area contributed by atoms with Crippen molar-refractivity contribution in [3.05, 3.63) is 35.6 Å². The minimum absolute atomic E-state index is 0.0236. The van der Waals surface area contributed by atoms with Crippen LogP contribution in [0.25, 0.3) is 0 Å². The average Bonchev–Trinajstić information content (AvgIpc) is 3.29. The van der Waals surface area contributed by atoms with Crippen molar-refractivity contribution in [2.45, 2.75) is 18.8 Å². The third-order valence-corrected chi connectivity index (χ3v) is 5.60. The van der Waals surface area contributed by atoms with Gasteiger partial charge in [-0.2, -0.15) is 12.7 Å². The number of hydrogen-bond donors (Lipinski definition) is 1. The van der Waals surface area contributed by atoms with E-state index in [1.165, 1.54) is 16.4 Å². The molecule has 2 N–H and O–H groups in total. The fourth-order valence-corrected chi connectivity index (χ4v) is 3.90. The smallest absolute Gasteiger partial charge is 0.276 e. The summed E-state index contributed by atoms with van der Waals surface area (Å²) in [5.41, 5.74) is 0.851. The van der Waals surface area contributed by atoms with Gasteiger partial charge in [-0.25, -0.2) is 9.53 Å². The first kappa shape index (κ1) is 16.4. The Hall–Kier alpha value is -1.51. The van der Waals surface area contributed by atoms with E-state index in [-0.39, 0.29) is 30.1 Å². The summed E-state index contributed by atoms with van der Waals surface area (Å²) < 4.78 is 37.3. The number of hydrogen-bond acceptors (Lipinski definition) is 3. The normalized spacial score (nSPS) is 25.9. The molecule has 6 nitrogen and oxygen atoms in total. The molecule has 0 spiro atoms. The van der Waals surface area contributed by atoms with Gasteiger partial charge in [0.05, 0.1) is 0 Å². The lowest BCUT2D eigenvalue weighted by atomic mass is 10.1. The molecule has 2 atom stereocenters. The Morgan fingerprint density at radius 1 is 1.22 bits per heavy atom. The van der Waals surface area contributed by atoms with Gasteiger partial charge in [0, 0.05) is 32.1 Å². The molecule has 1 heterocycles. The summed E-state index contributed by atoms with van der Waals surface area (Å²) in [6, 6.07) is 6.36. The molecule has 0 bridgehead atoms. The zero-order valence-electron chi connectivity index (χ0n) is 12.7. The van der Waals surface area contributed by atoms with Crippen molar-refractivity contribution < 1.29 is 17.6 Å².